The number of aliphatic carboxylic acids is 1. The number of carboxylic acid groups (broad SMARTS) is 1. The molecule has 0 radical (unpaired) electrons. The highest BCUT2D eigenvalue weighted by molar-refractivity contribution is 5.90. The molecule has 4 rings (SSSR count). The number of carbonyl (C=O) groups excluding carboxylic acids is 2. The van der Waals surface area contributed by atoms with Crippen molar-refractivity contribution in [2.45, 2.75) is 38.1 Å². The van der Waals surface area contributed by atoms with Gasteiger partial charge in [0.2, 0.25) is 5.91 Å². The number of ether oxygens (including phenoxy) is 1. The topological polar surface area (TPSA) is 95.9 Å². The van der Waals surface area contributed by atoms with E-state index in [1.807, 2.05) is 38.1 Å². The number of fused-ring (bicyclic) bond motifs is 3. The standard InChI is InChI=1S/C26H30N2O5/c1-16(2)21(23(29)28(3)26(12-13-26)24(30)31)14-27-25(32)33-15-22-19-10-6-4-8-17(19)18-9-5-7-11-20(18)22/h4-11,16,21-22H,12-15H2,1-3H3,(H,27,32)(H,30,31). The number of nitrogens with zero attached hydrogens (tertiary/aromatic N) is 1. The summed E-state index contributed by atoms with van der Waals surface area (Å²) >= 11 is 0. The van der Waals surface area contributed by atoms with Gasteiger partial charge in [-0.3, -0.25) is 4.79 Å². The predicted octanol–water partition coefficient (Wildman–Crippen LogP) is 3.87. The number of alkyl carbamates (subject to hydrolysis) is 1. The number of likely N-dealkylation sites (N-methyl/N-ethyl adjacent to an activating group) is 1. The molecule has 2 aromatic carbocycles. The minimum Gasteiger partial charge on any atom is -0.479 e. The average Bonchev–Trinajstić information content (AvgIpc) is 3.56. The highest BCUT2D eigenvalue weighted by Gasteiger charge is 2.56. The molecule has 2 amide bonds. The van der Waals surface area contributed by atoms with Gasteiger partial charge in [0, 0.05) is 19.5 Å². The second-order valence-electron chi connectivity index (χ2n) is 9.29. The molecule has 1 fully saturated rings. The number of amides is 2. The molecule has 7 heteroatoms. The van der Waals surface area contributed by atoms with Crippen molar-refractivity contribution in [2.75, 3.05) is 20.2 Å². The Morgan fingerprint density at radius 3 is 2.09 bits per heavy atom. The fraction of sp³-hybridized carbons (Fsp3) is 0.423. The van der Waals surface area contributed by atoms with Crippen LogP contribution in [0.15, 0.2) is 48.5 Å². The monoisotopic (exact) mass is 450 g/mol. The maximum absolute atomic E-state index is 13.0. The molecule has 0 heterocycles. The van der Waals surface area contributed by atoms with E-state index in [4.69, 9.17) is 4.74 Å². The summed E-state index contributed by atoms with van der Waals surface area (Å²) in [7, 11) is 1.53. The Morgan fingerprint density at radius 2 is 1.61 bits per heavy atom. The van der Waals surface area contributed by atoms with Gasteiger partial charge in [-0.2, -0.15) is 0 Å². The molecule has 2 aliphatic rings. The Bertz CT molecular complexity index is 1030. The van der Waals surface area contributed by atoms with E-state index in [1.54, 1.807) is 0 Å². The van der Waals surface area contributed by atoms with E-state index in [2.05, 4.69) is 29.6 Å². The van der Waals surface area contributed by atoms with Crippen LogP contribution in [0.25, 0.3) is 11.1 Å². The highest BCUT2D eigenvalue weighted by atomic mass is 16.5. The zero-order chi connectivity index (χ0) is 23.8. The van der Waals surface area contributed by atoms with Gasteiger partial charge in [0.05, 0.1) is 5.92 Å². The number of benzene rings is 2. The summed E-state index contributed by atoms with van der Waals surface area (Å²) in [6.07, 6.45) is 0.321. The van der Waals surface area contributed by atoms with Crippen molar-refractivity contribution in [1.29, 1.82) is 0 Å². The normalized spacial score (nSPS) is 16.5. The fourth-order valence-electron chi connectivity index (χ4n) is 4.72. The largest absolute Gasteiger partial charge is 0.479 e. The van der Waals surface area contributed by atoms with Crippen LogP contribution in [0, 0.1) is 11.8 Å². The van der Waals surface area contributed by atoms with Crippen LogP contribution < -0.4 is 5.32 Å². The molecule has 174 valence electrons. The first-order chi connectivity index (χ1) is 15.8. The minimum absolute atomic E-state index is 0.0397. The van der Waals surface area contributed by atoms with Crippen molar-refractivity contribution >= 4 is 18.0 Å². The molecule has 1 unspecified atom stereocenters. The van der Waals surface area contributed by atoms with Crippen LogP contribution in [-0.4, -0.2) is 53.7 Å². The summed E-state index contributed by atoms with van der Waals surface area (Å²) in [4.78, 5) is 38.4. The molecule has 1 saturated carbocycles. The van der Waals surface area contributed by atoms with Gasteiger partial charge < -0.3 is 20.1 Å². The van der Waals surface area contributed by atoms with Gasteiger partial charge >= 0.3 is 12.1 Å². The SMILES string of the molecule is CC(C)C(CNC(=O)OCC1c2ccccc2-c2ccccc21)C(=O)N(C)C1(C(=O)O)CC1. The van der Waals surface area contributed by atoms with Crippen LogP contribution in [0.3, 0.4) is 0 Å². The first-order valence-corrected chi connectivity index (χ1v) is 11.4. The zero-order valence-electron chi connectivity index (χ0n) is 19.2. The first-order valence-electron chi connectivity index (χ1n) is 11.4. The number of nitrogens with one attached hydrogen (secondary N) is 1. The Morgan fingerprint density at radius 1 is 1.06 bits per heavy atom. The molecule has 2 N–H and O–H groups in total. The lowest BCUT2D eigenvalue weighted by Gasteiger charge is -2.30. The van der Waals surface area contributed by atoms with Gasteiger partial charge in [-0.05, 0) is 41.0 Å². The Labute approximate surface area is 193 Å². The maximum atomic E-state index is 13.0. The van der Waals surface area contributed by atoms with Gasteiger partial charge in [-0.15, -0.1) is 0 Å². The lowest BCUT2D eigenvalue weighted by molar-refractivity contribution is -0.153. The van der Waals surface area contributed by atoms with Crippen molar-refractivity contribution in [3.05, 3.63) is 59.7 Å². The van der Waals surface area contributed by atoms with Gasteiger partial charge in [-0.25, -0.2) is 9.59 Å². The second-order valence-corrected chi connectivity index (χ2v) is 9.29. The summed E-state index contributed by atoms with van der Waals surface area (Å²) in [6.45, 7) is 4.06. The molecule has 0 saturated heterocycles. The summed E-state index contributed by atoms with van der Waals surface area (Å²) < 4.78 is 5.56. The van der Waals surface area contributed by atoms with Crippen LogP contribution in [0.4, 0.5) is 4.79 Å². The fourth-order valence-corrected chi connectivity index (χ4v) is 4.72. The molecule has 33 heavy (non-hydrogen) atoms. The molecule has 0 spiro atoms. The van der Waals surface area contributed by atoms with Crippen molar-refractivity contribution in [1.82, 2.24) is 10.2 Å². The van der Waals surface area contributed by atoms with E-state index < -0.39 is 23.5 Å². The van der Waals surface area contributed by atoms with Gasteiger partial charge in [0.1, 0.15) is 12.1 Å². The summed E-state index contributed by atoms with van der Waals surface area (Å²) in [5, 5.41) is 12.2. The van der Waals surface area contributed by atoms with E-state index in [-0.39, 0.29) is 30.9 Å². The van der Waals surface area contributed by atoms with Crippen molar-refractivity contribution in [2.24, 2.45) is 11.8 Å². The Balaban J connectivity index is 1.37. The van der Waals surface area contributed by atoms with Gasteiger partial charge in [0.25, 0.3) is 0 Å². The molecule has 7 nitrogen and oxygen atoms in total. The summed E-state index contributed by atoms with van der Waals surface area (Å²) in [5.74, 6) is -1.90. The van der Waals surface area contributed by atoms with Crippen LogP contribution >= 0.6 is 0 Å². The number of carboxylic acids is 1. The maximum Gasteiger partial charge on any atom is 0.407 e. The number of rotatable bonds is 8. The molecule has 0 aliphatic heterocycles. The van der Waals surface area contributed by atoms with E-state index >= 15 is 0 Å². The highest BCUT2D eigenvalue weighted by Crippen LogP contribution is 2.44. The Kier molecular flexibility index (Phi) is 6.15. The summed E-state index contributed by atoms with van der Waals surface area (Å²) in [6, 6.07) is 16.2. The van der Waals surface area contributed by atoms with E-state index in [0.29, 0.717) is 12.8 Å². The molecule has 2 aromatic rings. The van der Waals surface area contributed by atoms with Crippen molar-refractivity contribution in [3.63, 3.8) is 0 Å². The molecular weight excluding hydrogens is 420 g/mol. The van der Waals surface area contributed by atoms with Crippen LogP contribution in [0.2, 0.25) is 0 Å². The lowest BCUT2D eigenvalue weighted by Crippen LogP contribution is -2.50. The zero-order valence-corrected chi connectivity index (χ0v) is 19.2. The molecule has 2 aliphatic carbocycles. The molecule has 1 atom stereocenters. The second kappa shape index (κ2) is 8.89. The third-order valence-electron chi connectivity index (χ3n) is 7.03. The third kappa shape index (κ3) is 4.19. The number of hydrogen-bond acceptors (Lipinski definition) is 4. The van der Waals surface area contributed by atoms with E-state index in [9.17, 15) is 19.5 Å². The predicted molar refractivity (Wildman–Crippen MR) is 124 cm³/mol. The number of carbonyl (C=O) groups is 3. The average molecular weight is 451 g/mol. The van der Waals surface area contributed by atoms with Crippen LogP contribution in [0.1, 0.15) is 43.7 Å². The quantitative estimate of drug-likeness (QED) is 0.637. The third-order valence-corrected chi connectivity index (χ3v) is 7.03. The smallest absolute Gasteiger partial charge is 0.407 e. The van der Waals surface area contributed by atoms with E-state index in [1.165, 1.54) is 11.9 Å². The summed E-state index contributed by atoms with van der Waals surface area (Å²) in [5.41, 5.74) is 3.47. The van der Waals surface area contributed by atoms with Gasteiger partial charge in [-0.1, -0.05) is 62.4 Å². The lowest BCUT2D eigenvalue weighted by atomic mass is 9.93. The number of hydrogen-bond donors (Lipinski definition) is 2. The Hall–Kier alpha value is -3.35. The van der Waals surface area contributed by atoms with Gasteiger partial charge in [0.15, 0.2) is 0 Å². The molecule has 0 bridgehead atoms. The molecular formula is C26H30N2O5. The minimum atomic E-state index is -1.10. The van der Waals surface area contributed by atoms with E-state index in [0.717, 1.165) is 22.3 Å². The van der Waals surface area contributed by atoms with Crippen LogP contribution in [-0.2, 0) is 14.3 Å². The first kappa shape index (κ1) is 22.8. The van der Waals surface area contributed by atoms with Crippen molar-refractivity contribution < 1.29 is 24.2 Å². The van der Waals surface area contributed by atoms with Crippen molar-refractivity contribution in [3.8, 4) is 11.1 Å². The molecule has 0 aromatic heterocycles. The van der Waals surface area contributed by atoms with Crippen LogP contribution in [0.5, 0.6) is 0 Å².